The average Bonchev–Trinajstić information content (AvgIpc) is 3.31. The van der Waals surface area contributed by atoms with Crippen LogP contribution < -0.4 is 4.72 Å². The number of rotatable bonds is 4. The van der Waals surface area contributed by atoms with E-state index in [1.165, 1.54) is 7.05 Å². The van der Waals surface area contributed by atoms with E-state index in [-0.39, 0.29) is 4.90 Å². The molecule has 0 radical (unpaired) electrons. The summed E-state index contributed by atoms with van der Waals surface area (Å²) in [6.45, 7) is 0. The molecule has 0 saturated carbocycles. The highest BCUT2D eigenvalue weighted by Crippen LogP contribution is 2.33. The summed E-state index contributed by atoms with van der Waals surface area (Å²) in [5.74, 6) is 0. The van der Waals surface area contributed by atoms with Crippen molar-refractivity contribution in [3.63, 3.8) is 0 Å². The number of aromatic nitrogens is 3. The van der Waals surface area contributed by atoms with Crippen LogP contribution in [0, 0.1) is 11.3 Å². The van der Waals surface area contributed by atoms with Gasteiger partial charge in [0.15, 0.2) is 0 Å². The Balaban J connectivity index is 2.00. The first kappa shape index (κ1) is 18.0. The van der Waals surface area contributed by atoms with Crippen LogP contribution >= 0.6 is 0 Å². The van der Waals surface area contributed by atoms with Crippen LogP contribution in [0.2, 0.25) is 0 Å². The Morgan fingerprint density at radius 1 is 1.11 bits per heavy atom. The van der Waals surface area contributed by atoms with E-state index < -0.39 is 10.0 Å². The van der Waals surface area contributed by atoms with Gasteiger partial charge in [0.25, 0.3) is 0 Å². The minimum absolute atomic E-state index is 0.192. The SMILES string of the molecule is CNS(=O)(=O)c1ccc2c(c1)c(-c1cn(C)cn1)cn2-c1ccc(C#N)cc1. The van der Waals surface area contributed by atoms with Gasteiger partial charge in [-0.1, -0.05) is 0 Å². The molecule has 2 aromatic carbocycles. The quantitative estimate of drug-likeness (QED) is 0.579. The summed E-state index contributed by atoms with van der Waals surface area (Å²) in [4.78, 5) is 4.62. The van der Waals surface area contributed by atoms with E-state index in [2.05, 4.69) is 15.8 Å². The second-order valence-electron chi connectivity index (χ2n) is 6.38. The van der Waals surface area contributed by atoms with E-state index in [1.54, 1.807) is 36.7 Å². The highest BCUT2D eigenvalue weighted by atomic mass is 32.2. The molecule has 140 valence electrons. The molecule has 0 fully saturated rings. The lowest BCUT2D eigenvalue weighted by molar-refractivity contribution is 0.588. The molecule has 4 rings (SSSR count). The first-order valence-corrected chi connectivity index (χ1v) is 9.99. The molecular formula is C20H17N5O2S. The van der Waals surface area contributed by atoms with Crippen molar-refractivity contribution < 1.29 is 8.42 Å². The van der Waals surface area contributed by atoms with E-state index >= 15 is 0 Å². The van der Waals surface area contributed by atoms with Crippen molar-refractivity contribution in [2.75, 3.05) is 7.05 Å². The summed E-state index contributed by atoms with van der Waals surface area (Å²) in [5.41, 5.74) is 3.87. The molecule has 2 aromatic heterocycles. The number of nitrogens with one attached hydrogen (secondary N) is 1. The van der Waals surface area contributed by atoms with Gasteiger partial charge in [0, 0.05) is 36.1 Å². The second-order valence-corrected chi connectivity index (χ2v) is 8.27. The molecule has 2 heterocycles. The lowest BCUT2D eigenvalue weighted by Crippen LogP contribution is -2.18. The van der Waals surface area contributed by atoms with Gasteiger partial charge in [-0.2, -0.15) is 5.26 Å². The third-order valence-corrected chi connectivity index (χ3v) is 6.02. The maximum Gasteiger partial charge on any atom is 0.240 e. The molecule has 0 unspecified atom stereocenters. The maximum atomic E-state index is 12.3. The molecule has 1 N–H and O–H groups in total. The Labute approximate surface area is 162 Å². The van der Waals surface area contributed by atoms with Crippen LogP contribution in [0.5, 0.6) is 0 Å². The Kier molecular flexibility index (Phi) is 4.26. The summed E-state index contributed by atoms with van der Waals surface area (Å²) in [6, 6.07) is 14.4. The van der Waals surface area contributed by atoms with Crippen molar-refractivity contribution in [3.05, 3.63) is 66.7 Å². The lowest BCUT2D eigenvalue weighted by atomic mass is 10.1. The van der Waals surface area contributed by atoms with Crippen LogP contribution in [-0.2, 0) is 17.1 Å². The van der Waals surface area contributed by atoms with Crippen molar-refractivity contribution in [1.82, 2.24) is 18.8 Å². The minimum Gasteiger partial charge on any atom is -0.340 e. The molecule has 7 nitrogen and oxygen atoms in total. The zero-order valence-electron chi connectivity index (χ0n) is 15.3. The summed E-state index contributed by atoms with van der Waals surface area (Å²) in [6.07, 6.45) is 5.52. The first-order valence-electron chi connectivity index (χ1n) is 8.50. The monoisotopic (exact) mass is 391 g/mol. The van der Waals surface area contributed by atoms with Gasteiger partial charge in [-0.15, -0.1) is 0 Å². The summed E-state index contributed by atoms with van der Waals surface area (Å²) < 4.78 is 30.7. The predicted octanol–water partition coefficient (Wildman–Crippen LogP) is 2.81. The predicted molar refractivity (Wildman–Crippen MR) is 106 cm³/mol. The molecule has 0 bridgehead atoms. The Morgan fingerprint density at radius 2 is 1.86 bits per heavy atom. The highest BCUT2D eigenvalue weighted by Gasteiger charge is 2.18. The number of sulfonamides is 1. The molecular weight excluding hydrogens is 374 g/mol. The Hall–Kier alpha value is -3.41. The molecule has 0 aliphatic rings. The number of aryl methyl sites for hydroxylation is 1. The van der Waals surface area contributed by atoms with Crippen molar-refractivity contribution in [3.8, 4) is 23.0 Å². The summed E-state index contributed by atoms with van der Waals surface area (Å²) in [5, 5.41) is 9.80. The number of benzene rings is 2. The zero-order valence-corrected chi connectivity index (χ0v) is 16.1. The molecule has 0 atom stereocenters. The van der Waals surface area contributed by atoms with Crippen LogP contribution in [-0.4, -0.2) is 29.6 Å². The zero-order chi connectivity index (χ0) is 19.9. The first-order chi connectivity index (χ1) is 13.4. The van der Waals surface area contributed by atoms with Crippen LogP contribution in [0.15, 0.2) is 66.1 Å². The van der Waals surface area contributed by atoms with Gasteiger partial charge in [0.1, 0.15) is 0 Å². The molecule has 0 saturated heterocycles. The van der Waals surface area contributed by atoms with Gasteiger partial charge in [-0.3, -0.25) is 0 Å². The van der Waals surface area contributed by atoms with Gasteiger partial charge in [-0.25, -0.2) is 18.1 Å². The van der Waals surface area contributed by atoms with Crippen LogP contribution in [0.25, 0.3) is 27.8 Å². The third kappa shape index (κ3) is 2.97. The van der Waals surface area contributed by atoms with E-state index in [9.17, 15) is 8.42 Å². The number of hydrogen-bond donors (Lipinski definition) is 1. The molecule has 0 aliphatic heterocycles. The van der Waals surface area contributed by atoms with Gasteiger partial charge in [0.2, 0.25) is 10.0 Å². The molecule has 0 aliphatic carbocycles. The van der Waals surface area contributed by atoms with Crippen molar-refractivity contribution in [2.45, 2.75) is 4.90 Å². The third-order valence-electron chi connectivity index (χ3n) is 4.61. The number of fused-ring (bicyclic) bond motifs is 1. The molecule has 0 spiro atoms. The largest absolute Gasteiger partial charge is 0.340 e. The molecule has 0 amide bonds. The number of nitriles is 1. The molecule has 28 heavy (non-hydrogen) atoms. The summed E-state index contributed by atoms with van der Waals surface area (Å²) in [7, 11) is -0.297. The fraction of sp³-hybridized carbons (Fsp3) is 0.100. The fourth-order valence-electron chi connectivity index (χ4n) is 3.16. The van der Waals surface area contributed by atoms with Crippen LogP contribution in [0.3, 0.4) is 0 Å². The fourth-order valence-corrected chi connectivity index (χ4v) is 3.92. The Morgan fingerprint density at radius 3 is 2.46 bits per heavy atom. The molecule has 4 aromatic rings. The van der Waals surface area contributed by atoms with E-state index in [0.29, 0.717) is 5.56 Å². The van der Waals surface area contributed by atoms with Gasteiger partial charge in [-0.05, 0) is 49.5 Å². The summed E-state index contributed by atoms with van der Waals surface area (Å²) >= 11 is 0. The standard InChI is InChI=1S/C20H17N5O2S/c1-22-28(26,27)16-7-8-20-17(9-16)18(19-12-24(2)13-23-19)11-25(20)15-5-3-14(10-21)4-6-15/h3-9,11-13,22H,1-2H3. The Bertz CT molecular complexity index is 1330. The van der Waals surface area contributed by atoms with Gasteiger partial charge < -0.3 is 9.13 Å². The van der Waals surface area contributed by atoms with Crippen molar-refractivity contribution in [1.29, 1.82) is 5.26 Å². The second kappa shape index (κ2) is 6.64. The number of hydrogen-bond acceptors (Lipinski definition) is 4. The lowest BCUT2D eigenvalue weighted by Gasteiger charge is -2.07. The van der Waals surface area contributed by atoms with E-state index in [4.69, 9.17) is 5.26 Å². The van der Waals surface area contributed by atoms with Crippen LogP contribution in [0.1, 0.15) is 5.56 Å². The number of nitrogens with zero attached hydrogens (tertiary/aromatic N) is 4. The normalized spacial score (nSPS) is 11.6. The highest BCUT2D eigenvalue weighted by molar-refractivity contribution is 7.89. The van der Waals surface area contributed by atoms with Gasteiger partial charge >= 0.3 is 0 Å². The number of imidazole rings is 1. The smallest absolute Gasteiger partial charge is 0.240 e. The molecule has 8 heteroatoms. The van der Waals surface area contributed by atoms with Crippen LogP contribution in [0.4, 0.5) is 0 Å². The van der Waals surface area contributed by atoms with Gasteiger partial charge in [0.05, 0.1) is 34.1 Å². The average molecular weight is 391 g/mol. The van der Waals surface area contributed by atoms with E-state index in [1.807, 2.05) is 40.7 Å². The topological polar surface area (TPSA) is 92.7 Å². The maximum absolute atomic E-state index is 12.3. The minimum atomic E-state index is -3.57. The van der Waals surface area contributed by atoms with Crippen molar-refractivity contribution in [2.24, 2.45) is 7.05 Å². The van der Waals surface area contributed by atoms with E-state index in [0.717, 1.165) is 27.8 Å². The van der Waals surface area contributed by atoms with Crippen molar-refractivity contribution >= 4 is 20.9 Å².